The van der Waals surface area contributed by atoms with Crippen LogP contribution in [0.25, 0.3) is 11.3 Å². The predicted molar refractivity (Wildman–Crippen MR) is 116 cm³/mol. The van der Waals surface area contributed by atoms with Gasteiger partial charge in [0.05, 0.1) is 11.3 Å². The van der Waals surface area contributed by atoms with Gasteiger partial charge in [0.2, 0.25) is 0 Å². The first-order chi connectivity index (χ1) is 14.0. The zero-order chi connectivity index (χ0) is 20.8. The third-order valence-corrected chi connectivity index (χ3v) is 5.12. The Bertz CT molecular complexity index is 997. The molecule has 3 aromatic rings. The maximum Gasteiger partial charge on any atom is 0.261 e. The molecule has 0 unspecified atom stereocenters. The first kappa shape index (κ1) is 20.5. The summed E-state index contributed by atoms with van der Waals surface area (Å²) in [5, 5.41) is 5.23. The van der Waals surface area contributed by atoms with Crippen LogP contribution in [0, 0.1) is 0 Å². The fourth-order valence-corrected chi connectivity index (χ4v) is 3.30. The van der Waals surface area contributed by atoms with Crippen molar-refractivity contribution < 1.29 is 14.3 Å². The number of likely N-dealkylation sites (N-methyl/N-ethyl adjacent to an activating group) is 1. The number of carbonyl (C=O) groups excluding carboxylic acids is 2. The molecule has 0 aliphatic carbocycles. The molecule has 0 spiro atoms. The highest BCUT2D eigenvalue weighted by Crippen LogP contribution is 2.26. The minimum Gasteiger partial charge on any atom is -0.483 e. The number of nitrogens with zero attached hydrogens (tertiary/aromatic N) is 2. The van der Waals surface area contributed by atoms with Crippen molar-refractivity contribution in [2.45, 2.75) is 13.3 Å². The van der Waals surface area contributed by atoms with Crippen LogP contribution in [0.5, 0.6) is 5.75 Å². The van der Waals surface area contributed by atoms with Gasteiger partial charge in [-0.1, -0.05) is 43.3 Å². The van der Waals surface area contributed by atoms with Crippen LogP contribution in [-0.4, -0.2) is 42.4 Å². The van der Waals surface area contributed by atoms with Crippen molar-refractivity contribution >= 4 is 28.3 Å². The smallest absolute Gasteiger partial charge is 0.261 e. The first-order valence-electron chi connectivity index (χ1n) is 9.26. The molecule has 0 saturated heterocycles. The summed E-state index contributed by atoms with van der Waals surface area (Å²) in [5.74, 6) is -0.161. The van der Waals surface area contributed by atoms with Gasteiger partial charge in [0.1, 0.15) is 5.75 Å². The maximum atomic E-state index is 12.7. The number of ether oxygens (including phenoxy) is 1. The second kappa shape index (κ2) is 9.34. The average Bonchev–Trinajstić information content (AvgIpc) is 3.20. The van der Waals surface area contributed by atoms with E-state index in [9.17, 15) is 9.59 Å². The number of nitrogens with one attached hydrogen (secondary N) is 1. The number of hydrogen-bond donors (Lipinski definition) is 1. The molecule has 3 rings (SSSR count). The molecule has 0 atom stereocenters. The summed E-state index contributed by atoms with van der Waals surface area (Å²) in [6.45, 7) is 1.98. The fraction of sp³-hybridized carbons (Fsp3) is 0.227. The summed E-state index contributed by atoms with van der Waals surface area (Å²) in [6, 6.07) is 15.1. The maximum absolute atomic E-state index is 12.7. The van der Waals surface area contributed by atoms with Gasteiger partial charge in [-0.05, 0) is 24.1 Å². The Morgan fingerprint density at radius 3 is 2.52 bits per heavy atom. The first-order valence-corrected chi connectivity index (χ1v) is 10.1. The third kappa shape index (κ3) is 5.20. The molecule has 0 radical (unpaired) electrons. The van der Waals surface area contributed by atoms with E-state index in [1.807, 2.05) is 17.5 Å². The normalized spacial score (nSPS) is 10.4. The van der Waals surface area contributed by atoms with Crippen LogP contribution in [0.4, 0.5) is 5.13 Å². The lowest BCUT2D eigenvalue weighted by Gasteiger charge is -2.13. The molecule has 150 valence electrons. The number of benzene rings is 2. The van der Waals surface area contributed by atoms with Gasteiger partial charge in [0, 0.05) is 25.0 Å². The largest absolute Gasteiger partial charge is 0.483 e. The Morgan fingerprint density at radius 1 is 1.10 bits per heavy atom. The van der Waals surface area contributed by atoms with Crippen molar-refractivity contribution in [3.63, 3.8) is 0 Å². The number of aryl methyl sites for hydroxylation is 1. The van der Waals surface area contributed by atoms with Crippen LogP contribution in [0.2, 0.25) is 0 Å². The van der Waals surface area contributed by atoms with E-state index >= 15 is 0 Å². The zero-order valence-corrected chi connectivity index (χ0v) is 17.5. The molecule has 1 aromatic heterocycles. The van der Waals surface area contributed by atoms with E-state index in [2.05, 4.69) is 29.4 Å². The molecule has 7 heteroatoms. The van der Waals surface area contributed by atoms with Gasteiger partial charge < -0.3 is 9.64 Å². The zero-order valence-electron chi connectivity index (χ0n) is 16.6. The van der Waals surface area contributed by atoms with E-state index in [1.54, 1.807) is 38.4 Å². The summed E-state index contributed by atoms with van der Waals surface area (Å²) >= 11 is 1.36. The fourth-order valence-electron chi connectivity index (χ4n) is 2.59. The van der Waals surface area contributed by atoms with E-state index in [1.165, 1.54) is 21.8 Å². The molecule has 6 nitrogen and oxygen atoms in total. The van der Waals surface area contributed by atoms with Gasteiger partial charge in [0.25, 0.3) is 11.8 Å². The Kier molecular flexibility index (Phi) is 6.61. The molecule has 1 N–H and O–H groups in total. The second-order valence-electron chi connectivity index (χ2n) is 6.62. The van der Waals surface area contributed by atoms with E-state index in [0.29, 0.717) is 16.4 Å². The van der Waals surface area contributed by atoms with Crippen molar-refractivity contribution in [3.8, 4) is 17.0 Å². The van der Waals surface area contributed by atoms with Crippen LogP contribution < -0.4 is 10.1 Å². The van der Waals surface area contributed by atoms with Gasteiger partial charge >= 0.3 is 0 Å². The number of aromatic nitrogens is 1. The number of amides is 2. The summed E-state index contributed by atoms with van der Waals surface area (Å²) in [4.78, 5) is 30.4. The van der Waals surface area contributed by atoms with Gasteiger partial charge in [-0.2, -0.15) is 0 Å². The standard InChI is InChI=1S/C22H23N3O3S/c1-4-15-9-11-16(12-10-15)18-14-29-22(23-18)24-21(27)17-7-5-6-8-19(17)28-13-20(26)25(2)3/h5-12,14H,4,13H2,1-3H3,(H,23,24,27). The average molecular weight is 410 g/mol. The van der Waals surface area contributed by atoms with Crippen molar-refractivity contribution in [1.29, 1.82) is 0 Å². The molecule has 29 heavy (non-hydrogen) atoms. The minimum absolute atomic E-state index is 0.132. The number of rotatable bonds is 7. The highest BCUT2D eigenvalue weighted by Gasteiger charge is 2.16. The molecule has 2 aromatic carbocycles. The van der Waals surface area contributed by atoms with Crippen molar-refractivity contribution in [1.82, 2.24) is 9.88 Å². The topological polar surface area (TPSA) is 71.5 Å². The Morgan fingerprint density at radius 2 is 1.83 bits per heavy atom. The van der Waals surface area contributed by atoms with Gasteiger partial charge in [-0.25, -0.2) is 4.98 Å². The summed E-state index contributed by atoms with van der Waals surface area (Å²) in [7, 11) is 3.31. The second-order valence-corrected chi connectivity index (χ2v) is 7.47. The molecule has 0 fully saturated rings. The quantitative estimate of drug-likeness (QED) is 0.638. The molecule has 1 heterocycles. The van der Waals surface area contributed by atoms with Gasteiger partial charge in [0.15, 0.2) is 11.7 Å². The number of thiazole rings is 1. The van der Waals surface area contributed by atoms with Crippen LogP contribution in [0.15, 0.2) is 53.9 Å². The molecule has 0 bridgehead atoms. The van der Waals surface area contributed by atoms with Gasteiger partial charge in [-0.3, -0.25) is 14.9 Å². The number of anilines is 1. The molecular weight excluding hydrogens is 386 g/mol. The molecule has 2 amide bonds. The van der Waals surface area contributed by atoms with Crippen molar-refractivity contribution in [2.24, 2.45) is 0 Å². The van der Waals surface area contributed by atoms with Crippen molar-refractivity contribution in [3.05, 3.63) is 65.0 Å². The lowest BCUT2D eigenvalue weighted by atomic mass is 10.1. The van der Waals surface area contributed by atoms with Crippen LogP contribution >= 0.6 is 11.3 Å². The molecular formula is C22H23N3O3S. The lowest BCUT2D eigenvalue weighted by Crippen LogP contribution is -2.28. The highest BCUT2D eigenvalue weighted by molar-refractivity contribution is 7.14. The molecule has 0 aliphatic heterocycles. The Labute approximate surface area is 174 Å². The lowest BCUT2D eigenvalue weighted by molar-refractivity contribution is -0.130. The van der Waals surface area contributed by atoms with Crippen molar-refractivity contribution in [2.75, 3.05) is 26.0 Å². The SMILES string of the molecule is CCc1ccc(-c2csc(NC(=O)c3ccccc3OCC(=O)N(C)C)n2)cc1. The van der Waals surface area contributed by atoms with E-state index in [4.69, 9.17) is 4.74 Å². The summed E-state index contributed by atoms with van der Waals surface area (Å²) < 4.78 is 5.55. The monoisotopic (exact) mass is 409 g/mol. The van der Waals surface area contributed by atoms with E-state index in [-0.39, 0.29) is 18.4 Å². The Hall–Kier alpha value is -3.19. The molecule has 0 saturated carbocycles. The van der Waals surface area contributed by atoms with Gasteiger partial charge in [-0.15, -0.1) is 11.3 Å². The number of para-hydroxylation sites is 1. The summed E-state index contributed by atoms with van der Waals surface area (Å²) in [6.07, 6.45) is 0.986. The third-order valence-electron chi connectivity index (χ3n) is 4.36. The Balaban J connectivity index is 1.71. The van der Waals surface area contributed by atoms with E-state index < -0.39 is 0 Å². The number of carbonyl (C=O) groups is 2. The van der Waals surface area contributed by atoms with Crippen LogP contribution in [0.3, 0.4) is 0 Å². The predicted octanol–water partition coefficient (Wildman–Crippen LogP) is 4.09. The summed E-state index contributed by atoms with van der Waals surface area (Å²) in [5.41, 5.74) is 3.43. The number of hydrogen-bond acceptors (Lipinski definition) is 5. The van der Waals surface area contributed by atoms with Crippen LogP contribution in [-0.2, 0) is 11.2 Å². The minimum atomic E-state index is -0.333. The molecule has 0 aliphatic rings. The highest BCUT2D eigenvalue weighted by atomic mass is 32.1. The van der Waals surface area contributed by atoms with E-state index in [0.717, 1.165) is 17.7 Å². The van der Waals surface area contributed by atoms with Crippen LogP contribution in [0.1, 0.15) is 22.8 Å².